The number of halogens is 1. The summed E-state index contributed by atoms with van der Waals surface area (Å²) in [5.41, 5.74) is 2.08. The van der Waals surface area contributed by atoms with Crippen LogP contribution in [0.15, 0.2) is 42.5 Å². The first-order chi connectivity index (χ1) is 15.6. The van der Waals surface area contributed by atoms with Crippen molar-refractivity contribution in [1.29, 1.82) is 0 Å². The van der Waals surface area contributed by atoms with Gasteiger partial charge in [-0.15, -0.1) is 0 Å². The first kappa shape index (κ1) is 25.9. The van der Waals surface area contributed by atoms with E-state index in [1.54, 1.807) is 36.4 Å². The van der Waals surface area contributed by atoms with Gasteiger partial charge in [0.15, 0.2) is 6.61 Å². The molecule has 0 radical (unpaired) electrons. The molecule has 0 heterocycles. The summed E-state index contributed by atoms with van der Waals surface area (Å²) in [5, 5.41) is 5.70. The molecule has 2 rings (SSSR count). The molecule has 0 saturated heterocycles. The molecule has 9 heteroatoms. The summed E-state index contributed by atoms with van der Waals surface area (Å²) in [4.78, 5) is 47.9. The predicted octanol–water partition coefficient (Wildman–Crippen LogP) is 4.36. The molecule has 0 unspecified atom stereocenters. The minimum absolute atomic E-state index is 0.143. The summed E-state index contributed by atoms with van der Waals surface area (Å²) in [6, 6.07) is 11.4. The van der Waals surface area contributed by atoms with E-state index < -0.39 is 30.4 Å². The lowest BCUT2D eigenvalue weighted by atomic mass is 10.2. The molecular formula is C24H27ClN2O6. The van der Waals surface area contributed by atoms with E-state index in [9.17, 15) is 19.2 Å². The van der Waals surface area contributed by atoms with E-state index in [0.717, 1.165) is 5.56 Å². The first-order valence-electron chi connectivity index (χ1n) is 10.4. The highest BCUT2D eigenvalue weighted by molar-refractivity contribution is 6.31. The van der Waals surface area contributed by atoms with Crippen LogP contribution in [-0.4, -0.2) is 37.0 Å². The number of anilines is 2. The highest BCUT2D eigenvalue weighted by atomic mass is 35.5. The summed E-state index contributed by atoms with van der Waals surface area (Å²) < 4.78 is 10.1. The third-order valence-corrected chi connectivity index (χ3v) is 4.71. The fourth-order valence-electron chi connectivity index (χ4n) is 2.57. The Hall–Kier alpha value is -3.39. The van der Waals surface area contributed by atoms with Gasteiger partial charge in [0, 0.05) is 22.8 Å². The zero-order valence-electron chi connectivity index (χ0n) is 18.8. The minimum Gasteiger partial charge on any atom is -0.462 e. The molecule has 176 valence electrons. The normalized spacial score (nSPS) is 10.5. The van der Waals surface area contributed by atoms with E-state index in [1.165, 1.54) is 6.07 Å². The SMILES string of the molecule is Cc1ccc(NC(=O)COC(=O)CCC(=O)Nc2cccc(C(=O)OCC(C)C)c2)cc1Cl. The Bertz CT molecular complexity index is 1020. The largest absolute Gasteiger partial charge is 0.462 e. The maximum absolute atomic E-state index is 12.1. The van der Waals surface area contributed by atoms with Gasteiger partial charge in [0.05, 0.1) is 18.6 Å². The van der Waals surface area contributed by atoms with E-state index in [2.05, 4.69) is 10.6 Å². The maximum atomic E-state index is 12.1. The van der Waals surface area contributed by atoms with Gasteiger partial charge in [-0.3, -0.25) is 14.4 Å². The van der Waals surface area contributed by atoms with Gasteiger partial charge in [-0.05, 0) is 48.7 Å². The minimum atomic E-state index is -0.687. The van der Waals surface area contributed by atoms with Crippen molar-refractivity contribution in [2.24, 2.45) is 5.92 Å². The third-order valence-electron chi connectivity index (χ3n) is 4.31. The zero-order chi connectivity index (χ0) is 24.4. The second kappa shape index (κ2) is 12.6. The molecule has 0 saturated carbocycles. The average Bonchev–Trinajstić information content (AvgIpc) is 2.77. The van der Waals surface area contributed by atoms with Gasteiger partial charge in [-0.1, -0.05) is 37.6 Å². The van der Waals surface area contributed by atoms with E-state index in [-0.39, 0.29) is 18.8 Å². The van der Waals surface area contributed by atoms with E-state index in [0.29, 0.717) is 28.6 Å². The van der Waals surface area contributed by atoms with Crippen LogP contribution in [-0.2, 0) is 23.9 Å². The molecule has 0 aliphatic rings. The molecule has 0 spiro atoms. The number of aryl methyl sites for hydroxylation is 1. The number of esters is 2. The molecule has 0 bridgehead atoms. The van der Waals surface area contributed by atoms with Crippen molar-refractivity contribution in [3.63, 3.8) is 0 Å². The first-order valence-corrected chi connectivity index (χ1v) is 10.8. The second-order valence-corrected chi connectivity index (χ2v) is 8.20. The quantitative estimate of drug-likeness (QED) is 0.495. The number of benzene rings is 2. The number of nitrogens with one attached hydrogen (secondary N) is 2. The van der Waals surface area contributed by atoms with Gasteiger partial charge >= 0.3 is 11.9 Å². The summed E-state index contributed by atoms with van der Waals surface area (Å²) in [6.07, 6.45) is -0.346. The Balaban J connectivity index is 1.74. The van der Waals surface area contributed by atoms with E-state index in [1.807, 2.05) is 20.8 Å². The van der Waals surface area contributed by atoms with Crippen molar-refractivity contribution in [2.75, 3.05) is 23.8 Å². The molecule has 2 aromatic carbocycles. The maximum Gasteiger partial charge on any atom is 0.338 e. The van der Waals surface area contributed by atoms with E-state index in [4.69, 9.17) is 21.1 Å². The van der Waals surface area contributed by atoms with Gasteiger partial charge in [0.1, 0.15) is 0 Å². The van der Waals surface area contributed by atoms with Gasteiger partial charge in [-0.25, -0.2) is 4.79 Å². The fourth-order valence-corrected chi connectivity index (χ4v) is 2.76. The monoisotopic (exact) mass is 474 g/mol. The highest BCUT2D eigenvalue weighted by Crippen LogP contribution is 2.20. The Morgan fingerprint density at radius 2 is 1.61 bits per heavy atom. The lowest BCUT2D eigenvalue weighted by Crippen LogP contribution is -2.21. The summed E-state index contributed by atoms with van der Waals surface area (Å²) in [6.45, 7) is 5.52. The molecule has 0 aliphatic carbocycles. The second-order valence-electron chi connectivity index (χ2n) is 7.79. The molecular weight excluding hydrogens is 448 g/mol. The lowest BCUT2D eigenvalue weighted by molar-refractivity contribution is -0.147. The van der Waals surface area contributed by atoms with Crippen molar-refractivity contribution in [3.05, 3.63) is 58.6 Å². The van der Waals surface area contributed by atoms with Crippen LogP contribution in [0.5, 0.6) is 0 Å². The Morgan fingerprint density at radius 1 is 0.909 bits per heavy atom. The number of carbonyl (C=O) groups excluding carboxylic acids is 4. The van der Waals surface area contributed by atoms with Crippen molar-refractivity contribution >= 4 is 46.7 Å². The molecule has 0 atom stereocenters. The molecule has 33 heavy (non-hydrogen) atoms. The number of carbonyl (C=O) groups is 4. The van der Waals surface area contributed by atoms with Crippen molar-refractivity contribution < 1.29 is 28.7 Å². The highest BCUT2D eigenvalue weighted by Gasteiger charge is 2.13. The van der Waals surface area contributed by atoms with Crippen LogP contribution in [0.4, 0.5) is 11.4 Å². The van der Waals surface area contributed by atoms with Crippen LogP contribution in [0, 0.1) is 12.8 Å². The molecule has 2 N–H and O–H groups in total. The van der Waals surface area contributed by atoms with E-state index >= 15 is 0 Å². The number of amides is 2. The van der Waals surface area contributed by atoms with Gasteiger partial charge < -0.3 is 20.1 Å². The van der Waals surface area contributed by atoms with Crippen LogP contribution in [0.25, 0.3) is 0 Å². The van der Waals surface area contributed by atoms with Gasteiger partial charge in [0.25, 0.3) is 5.91 Å². The standard InChI is InChI=1S/C24H27ClN2O6/c1-15(2)13-33-24(31)17-5-4-6-18(11-17)26-21(28)9-10-23(30)32-14-22(29)27-19-8-7-16(3)20(25)12-19/h4-8,11-12,15H,9-10,13-14H2,1-3H3,(H,26,28)(H,27,29). The van der Waals surface area contributed by atoms with Gasteiger partial charge in [-0.2, -0.15) is 0 Å². The summed E-state index contributed by atoms with van der Waals surface area (Å²) in [5.74, 6) is -1.90. The molecule has 0 aliphatic heterocycles. The molecule has 0 aromatic heterocycles. The van der Waals surface area contributed by atoms with Crippen LogP contribution in [0.2, 0.25) is 5.02 Å². The Morgan fingerprint density at radius 3 is 2.30 bits per heavy atom. The van der Waals surface area contributed by atoms with Gasteiger partial charge in [0.2, 0.25) is 5.91 Å². The number of rotatable bonds is 10. The average molecular weight is 475 g/mol. The van der Waals surface area contributed by atoms with Crippen LogP contribution >= 0.6 is 11.6 Å². The smallest absolute Gasteiger partial charge is 0.338 e. The van der Waals surface area contributed by atoms with Crippen molar-refractivity contribution in [2.45, 2.75) is 33.6 Å². The third kappa shape index (κ3) is 9.33. The number of hydrogen-bond acceptors (Lipinski definition) is 6. The number of hydrogen-bond donors (Lipinski definition) is 2. The predicted molar refractivity (Wildman–Crippen MR) is 125 cm³/mol. The summed E-state index contributed by atoms with van der Waals surface area (Å²) >= 11 is 6.01. The Kier molecular flexibility index (Phi) is 9.87. The van der Waals surface area contributed by atoms with Crippen molar-refractivity contribution in [1.82, 2.24) is 0 Å². The molecule has 8 nitrogen and oxygen atoms in total. The lowest BCUT2D eigenvalue weighted by Gasteiger charge is -2.09. The number of ether oxygens (including phenoxy) is 2. The molecule has 0 fully saturated rings. The zero-order valence-corrected chi connectivity index (χ0v) is 19.5. The van der Waals surface area contributed by atoms with Crippen LogP contribution in [0.3, 0.4) is 0 Å². The summed E-state index contributed by atoms with van der Waals surface area (Å²) in [7, 11) is 0. The molecule has 2 amide bonds. The van der Waals surface area contributed by atoms with Crippen molar-refractivity contribution in [3.8, 4) is 0 Å². The fraction of sp³-hybridized carbons (Fsp3) is 0.333. The molecule has 2 aromatic rings. The van der Waals surface area contributed by atoms with Crippen LogP contribution < -0.4 is 10.6 Å². The topological polar surface area (TPSA) is 111 Å². The van der Waals surface area contributed by atoms with Crippen LogP contribution in [0.1, 0.15) is 42.6 Å². The Labute approximate surface area is 197 Å².